The van der Waals surface area contributed by atoms with Gasteiger partial charge in [-0.3, -0.25) is 0 Å². The van der Waals surface area contributed by atoms with Gasteiger partial charge < -0.3 is 9.47 Å². The number of esters is 2. The molecule has 0 fully saturated rings. The number of halogens is 1. The molecule has 0 unspecified atom stereocenters. The van der Waals surface area contributed by atoms with E-state index in [4.69, 9.17) is 21.1 Å². The second-order valence-corrected chi connectivity index (χ2v) is 7.05. The van der Waals surface area contributed by atoms with Gasteiger partial charge in [-0.2, -0.15) is 0 Å². The van der Waals surface area contributed by atoms with Crippen LogP contribution in [0.1, 0.15) is 27.0 Å². The number of carbonyl (C=O) groups is 2. The minimum absolute atomic E-state index is 0.161. The van der Waals surface area contributed by atoms with E-state index in [1.165, 1.54) is 0 Å². The maximum absolute atomic E-state index is 12.2. The third-order valence-electron chi connectivity index (χ3n) is 4.41. The minimum Gasteiger partial charge on any atom is -0.423 e. The fraction of sp³-hybridized carbons (Fsp3) is 0.0417. The Labute approximate surface area is 178 Å². The lowest BCUT2D eigenvalue weighted by Crippen LogP contribution is -2.08. The zero-order chi connectivity index (χ0) is 21.1. The Morgan fingerprint density at radius 1 is 1.00 bits per heavy atom. The summed E-state index contributed by atoms with van der Waals surface area (Å²) in [4.78, 5) is 28.6. The molecule has 0 saturated carbocycles. The van der Waals surface area contributed by atoms with Crippen molar-refractivity contribution in [3.05, 3.63) is 106 Å². The molecule has 0 bridgehead atoms. The molecule has 1 heterocycles. The molecule has 0 aliphatic carbocycles. The van der Waals surface area contributed by atoms with Gasteiger partial charge in [0, 0.05) is 0 Å². The Bertz CT molecular complexity index is 1180. The van der Waals surface area contributed by atoms with Crippen molar-refractivity contribution < 1.29 is 19.1 Å². The Morgan fingerprint density at radius 3 is 2.40 bits per heavy atom. The number of aryl methyl sites for hydroxylation is 1. The normalized spacial score (nSPS) is 14.4. The summed E-state index contributed by atoms with van der Waals surface area (Å²) >= 11 is 6.14. The lowest BCUT2D eigenvalue weighted by molar-refractivity contribution is -0.129. The van der Waals surface area contributed by atoms with E-state index in [2.05, 4.69) is 4.99 Å². The molecule has 6 heteroatoms. The average molecular weight is 418 g/mol. The van der Waals surface area contributed by atoms with Crippen molar-refractivity contribution >= 4 is 35.5 Å². The molecule has 0 saturated heterocycles. The standard InChI is InChI=1S/C24H16ClNO4/c1-15-6-10-17(11-7-15)23(27)29-18-12-8-16(9-13-18)14-21-24(28)30-22(26-21)19-4-2-3-5-20(19)25/h2-14H,1H3. The van der Waals surface area contributed by atoms with E-state index in [1.807, 2.05) is 19.1 Å². The highest BCUT2D eigenvalue weighted by Crippen LogP contribution is 2.24. The van der Waals surface area contributed by atoms with Gasteiger partial charge >= 0.3 is 11.9 Å². The molecule has 3 aromatic carbocycles. The molecule has 0 N–H and O–H groups in total. The average Bonchev–Trinajstić information content (AvgIpc) is 3.10. The predicted molar refractivity (Wildman–Crippen MR) is 115 cm³/mol. The van der Waals surface area contributed by atoms with Crippen molar-refractivity contribution in [1.82, 2.24) is 0 Å². The fourth-order valence-electron chi connectivity index (χ4n) is 2.80. The van der Waals surface area contributed by atoms with Crippen LogP contribution in [0.5, 0.6) is 5.75 Å². The number of aliphatic imine (C=N–C) groups is 1. The molecule has 0 amide bonds. The monoisotopic (exact) mass is 417 g/mol. The third-order valence-corrected chi connectivity index (χ3v) is 4.74. The van der Waals surface area contributed by atoms with Gasteiger partial charge in [0.2, 0.25) is 5.90 Å². The Morgan fingerprint density at radius 2 is 1.70 bits per heavy atom. The van der Waals surface area contributed by atoms with Gasteiger partial charge in [-0.1, -0.05) is 53.6 Å². The van der Waals surface area contributed by atoms with Crippen molar-refractivity contribution in [2.24, 2.45) is 4.99 Å². The second kappa shape index (κ2) is 8.35. The topological polar surface area (TPSA) is 65.0 Å². The van der Waals surface area contributed by atoms with Gasteiger partial charge in [0.25, 0.3) is 0 Å². The highest BCUT2D eigenvalue weighted by molar-refractivity contribution is 6.34. The zero-order valence-corrected chi connectivity index (χ0v) is 16.7. The van der Waals surface area contributed by atoms with Gasteiger partial charge in [-0.15, -0.1) is 0 Å². The summed E-state index contributed by atoms with van der Waals surface area (Å²) in [5, 5.41) is 0.449. The molecule has 5 nitrogen and oxygen atoms in total. The first-order valence-electron chi connectivity index (χ1n) is 9.16. The first kappa shape index (κ1) is 19.6. The van der Waals surface area contributed by atoms with E-state index < -0.39 is 11.9 Å². The van der Waals surface area contributed by atoms with Crippen LogP contribution in [0.3, 0.4) is 0 Å². The maximum atomic E-state index is 12.2. The second-order valence-electron chi connectivity index (χ2n) is 6.64. The van der Waals surface area contributed by atoms with Crippen LogP contribution in [-0.4, -0.2) is 17.8 Å². The first-order chi connectivity index (χ1) is 14.5. The molecular formula is C24H16ClNO4. The van der Waals surface area contributed by atoms with Gasteiger partial charge in [0.05, 0.1) is 16.1 Å². The molecule has 0 radical (unpaired) electrons. The van der Waals surface area contributed by atoms with Gasteiger partial charge in [-0.05, 0) is 55.0 Å². The van der Waals surface area contributed by atoms with Crippen molar-refractivity contribution in [3.63, 3.8) is 0 Å². The number of rotatable bonds is 4. The summed E-state index contributed by atoms with van der Waals surface area (Å²) in [6, 6.07) is 20.9. The largest absolute Gasteiger partial charge is 0.423 e. The number of hydrogen-bond donors (Lipinski definition) is 0. The number of benzene rings is 3. The van der Waals surface area contributed by atoms with Crippen LogP contribution in [0.15, 0.2) is 83.5 Å². The van der Waals surface area contributed by atoms with Crippen LogP contribution in [0.2, 0.25) is 5.02 Å². The molecule has 30 heavy (non-hydrogen) atoms. The van der Waals surface area contributed by atoms with E-state index in [0.717, 1.165) is 5.56 Å². The number of cyclic esters (lactones) is 1. The van der Waals surface area contributed by atoms with Crippen molar-refractivity contribution in [3.8, 4) is 5.75 Å². The van der Waals surface area contributed by atoms with E-state index in [0.29, 0.717) is 27.5 Å². The maximum Gasteiger partial charge on any atom is 0.363 e. The van der Waals surface area contributed by atoms with Crippen molar-refractivity contribution in [1.29, 1.82) is 0 Å². The van der Waals surface area contributed by atoms with Crippen LogP contribution in [0.4, 0.5) is 0 Å². The van der Waals surface area contributed by atoms with Crippen LogP contribution in [0, 0.1) is 6.92 Å². The third kappa shape index (κ3) is 4.31. The Kier molecular flexibility index (Phi) is 5.46. The highest BCUT2D eigenvalue weighted by atomic mass is 35.5. The quantitative estimate of drug-likeness (QED) is 0.332. The number of ether oxygens (including phenoxy) is 2. The van der Waals surface area contributed by atoms with Gasteiger partial charge in [0.1, 0.15) is 5.75 Å². The molecular weight excluding hydrogens is 402 g/mol. The lowest BCUT2D eigenvalue weighted by Gasteiger charge is -2.05. The summed E-state index contributed by atoms with van der Waals surface area (Å²) in [6.07, 6.45) is 1.59. The SMILES string of the molecule is Cc1ccc(C(=O)Oc2ccc(C=C3N=C(c4ccccc4Cl)OC3=O)cc2)cc1. The molecule has 0 spiro atoms. The zero-order valence-electron chi connectivity index (χ0n) is 16.0. The van der Waals surface area contributed by atoms with Crippen molar-refractivity contribution in [2.45, 2.75) is 6.92 Å². The highest BCUT2D eigenvalue weighted by Gasteiger charge is 2.25. The van der Waals surface area contributed by atoms with E-state index in [1.54, 1.807) is 66.7 Å². The van der Waals surface area contributed by atoms with Gasteiger partial charge in [-0.25, -0.2) is 14.6 Å². The minimum atomic E-state index is -0.556. The molecule has 0 aromatic heterocycles. The summed E-state index contributed by atoms with van der Waals surface area (Å²) in [5.74, 6) is -0.424. The summed E-state index contributed by atoms with van der Waals surface area (Å²) < 4.78 is 10.6. The lowest BCUT2D eigenvalue weighted by atomic mass is 10.1. The molecule has 4 rings (SSSR count). The summed E-state index contributed by atoms with van der Waals surface area (Å²) in [6.45, 7) is 1.95. The van der Waals surface area contributed by atoms with E-state index in [9.17, 15) is 9.59 Å². The Balaban J connectivity index is 1.49. The number of hydrogen-bond acceptors (Lipinski definition) is 5. The van der Waals surface area contributed by atoms with Crippen molar-refractivity contribution in [2.75, 3.05) is 0 Å². The first-order valence-corrected chi connectivity index (χ1v) is 9.54. The smallest absolute Gasteiger partial charge is 0.363 e. The van der Waals surface area contributed by atoms with Crippen LogP contribution in [0.25, 0.3) is 6.08 Å². The molecule has 148 valence electrons. The summed E-state index contributed by atoms with van der Waals surface area (Å²) in [7, 11) is 0. The van der Waals surface area contributed by atoms with E-state index >= 15 is 0 Å². The fourth-order valence-corrected chi connectivity index (χ4v) is 3.02. The van der Waals surface area contributed by atoms with Crippen LogP contribution in [-0.2, 0) is 9.53 Å². The number of carbonyl (C=O) groups excluding carboxylic acids is 2. The molecule has 0 atom stereocenters. The summed E-state index contributed by atoms with van der Waals surface area (Å²) in [5.41, 5.74) is 2.96. The number of nitrogens with zero attached hydrogens (tertiary/aromatic N) is 1. The molecule has 1 aliphatic heterocycles. The van der Waals surface area contributed by atoms with Crippen LogP contribution >= 0.6 is 11.6 Å². The van der Waals surface area contributed by atoms with Crippen LogP contribution < -0.4 is 4.74 Å². The predicted octanol–water partition coefficient (Wildman–Crippen LogP) is 5.21. The molecule has 3 aromatic rings. The molecule has 1 aliphatic rings. The van der Waals surface area contributed by atoms with Gasteiger partial charge in [0.15, 0.2) is 5.70 Å². The van der Waals surface area contributed by atoms with E-state index in [-0.39, 0.29) is 11.6 Å². The Hall–Kier alpha value is -3.70.